The van der Waals surface area contributed by atoms with Crippen molar-refractivity contribution in [3.8, 4) is 11.1 Å². The van der Waals surface area contributed by atoms with Gasteiger partial charge in [0.15, 0.2) is 0 Å². The van der Waals surface area contributed by atoms with E-state index < -0.39 is 0 Å². The van der Waals surface area contributed by atoms with E-state index in [2.05, 4.69) is 14.2 Å². The predicted molar refractivity (Wildman–Crippen MR) is 89.2 cm³/mol. The molecular formula is C16H17ClNO2P. The van der Waals surface area contributed by atoms with Crippen molar-refractivity contribution in [1.82, 2.24) is 4.98 Å². The molecule has 2 rings (SSSR count). The molecule has 0 aliphatic rings. The summed E-state index contributed by atoms with van der Waals surface area (Å²) in [6.07, 6.45) is 0.207. The second-order valence-electron chi connectivity index (χ2n) is 4.82. The smallest absolute Gasteiger partial charge is 0.310 e. The monoisotopic (exact) mass is 321 g/mol. The fraction of sp³-hybridized carbons (Fsp3) is 0.250. The van der Waals surface area contributed by atoms with Crippen LogP contribution in [0.1, 0.15) is 16.8 Å². The molecule has 5 heteroatoms. The van der Waals surface area contributed by atoms with Gasteiger partial charge in [0.1, 0.15) is 0 Å². The van der Waals surface area contributed by atoms with Gasteiger partial charge in [0.25, 0.3) is 0 Å². The summed E-state index contributed by atoms with van der Waals surface area (Å²) in [6.45, 7) is 3.91. The number of aromatic nitrogens is 1. The van der Waals surface area contributed by atoms with Crippen molar-refractivity contribution >= 4 is 32.2 Å². The van der Waals surface area contributed by atoms with Crippen LogP contribution < -0.4 is 5.44 Å². The molecule has 1 aromatic heterocycles. The number of halogens is 1. The molecule has 1 unspecified atom stereocenters. The van der Waals surface area contributed by atoms with Crippen LogP contribution in [0.25, 0.3) is 11.1 Å². The highest BCUT2D eigenvalue weighted by Crippen LogP contribution is 2.30. The number of esters is 1. The third-order valence-corrected chi connectivity index (χ3v) is 4.28. The Balaban J connectivity index is 2.66. The van der Waals surface area contributed by atoms with Crippen LogP contribution in [0.4, 0.5) is 0 Å². The summed E-state index contributed by atoms with van der Waals surface area (Å²) in [5.74, 6) is -0.272. The first kappa shape index (κ1) is 15.9. The third kappa shape index (κ3) is 3.42. The second-order valence-corrected chi connectivity index (χ2v) is 5.80. The third-order valence-electron chi connectivity index (χ3n) is 3.47. The van der Waals surface area contributed by atoms with Crippen molar-refractivity contribution in [3.05, 3.63) is 46.1 Å². The molecule has 0 spiro atoms. The molecule has 2 aromatic rings. The van der Waals surface area contributed by atoms with Crippen LogP contribution in [0.5, 0.6) is 0 Å². The van der Waals surface area contributed by atoms with Gasteiger partial charge in [-0.1, -0.05) is 33.0 Å². The van der Waals surface area contributed by atoms with Crippen LogP contribution in [0, 0.1) is 13.8 Å². The van der Waals surface area contributed by atoms with Crippen LogP contribution in [0.2, 0.25) is 5.02 Å². The summed E-state index contributed by atoms with van der Waals surface area (Å²) in [4.78, 5) is 16.2. The molecular weight excluding hydrogens is 305 g/mol. The average Bonchev–Trinajstić information content (AvgIpc) is 2.46. The number of rotatable bonds is 3. The number of carbonyl (C=O) groups excluding carboxylic acids is 1. The predicted octanol–water partition coefficient (Wildman–Crippen LogP) is 3.23. The van der Waals surface area contributed by atoms with Gasteiger partial charge < -0.3 is 4.74 Å². The largest absolute Gasteiger partial charge is 0.469 e. The summed E-state index contributed by atoms with van der Waals surface area (Å²) < 4.78 is 4.80. The van der Waals surface area contributed by atoms with Gasteiger partial charge in [-0.15, -0.1) is 0 Å². The first-order valence-electron chi connectivity index (χ1n) is 6.52. The molecule has 1 aromatic carbocycles. The minimum absolute atomic E-state index is 0.207. The quantitative estimate of drug-likeness (QED) is 0.643. The maximum Gasteiger partial charge on any atom is 0.310 e. The lowest BCUT2D eigenvalue weighted by Gasteiger charge is -2.16. The zero-order chi connectivity index (χ0) is 15.6. The maximum atomic E-state index is 11.7. The Bertz CT molecular complexity index is 684. The van der Waals surface area contributed by atoms with E-state index >= 15 is 0 Å². The van der Waals surface area contributed by atoms with Gasteiger partial charge in [-0.05, 0) is 48.2 Å². The van der Waals surface area contributed by atoms with E-state index in [1.54, 1.807) is 0 Å². The van der Waals surface area contributed by atoms with E-state index in [1.807, 2.05) is 38.1 Å². The molecule has 0 aliphatic heterocycles. The average molecular weight is 322 g/mol. The Hall–Kier alpha value is -1.44. The highest BCUT2D eigenvalue weighted by molar-refractivity contribution is 7.27. The summed E-state index contributed by atoms with van der Waals surface area (Å²) in [7, 11) is 4.03. The molecule has 21 heavy (non-hydrogen) atoms. The van der Waals surface area contributed by atoms with Crippen LogP contribution in [0.3, 0.4) is 0 Å². The SMILES string of the molecule is COC(=O)Cc1c(C)nc(P)c(C)c1-c1ccc(Cl)cc1. The van der Waals surface area contributed by atoms with Crippen molar-refractivity contribution in [3.63, 3.8) is 0 Å². The standard InChI is InChI=1S/C16H17ClNO2P/c1-9-15(11-4-6-12(17)7-5-11)13(8-14(19)20-3)10(2)18-16(9)21/h4-7H,8,21H2,1-3H3. The summed E-state index contributed by atoms with van der Waals surface area (Å²) in [5, 5.41) is 0.683. The Morgan fingerprint density at radius 2 is 1.90 bits per heavy atom. The normalized spacial score (nSPS) is 10.5. The maximum absolute atomic E-state index is 11.7. The van der Waals surface area contributed by atoms with E-state index in [1.165, 1.54) is 7.11 Å². The summed E-state index contributed by atoms with van der Waals surface area (Å²) >= 11 is 5.96. The van der Waals surface area contributed by atoms with Gasteiger partial charge in [0.2, 0.25) is 0 Å². The number of carbonyl (C=O) groups is 1. The van der Waals surface area contributed by atoms with Crippen LogP contribution in [0.15, 0.2) is 24.3 Å². The molecule has 0 saturated heterocycles. The second kappa shape index (κ2) is 6.55. The fourth-order valence-corrected chi connectivity index (χ4v) is 2.77. The minimum Gasteiger partial charge on any atom is -0.469 e. The van der Waals surface area contributed by atoms with Gasteiger partial charge in [-0.2, -0.15) is 0 Å². The van der Waals surface area contributed by atoms with E-state index in [4.69, 9.17) is 16.3 Å². The van der Waals surface area contributed by atoms with Gasteiger partial charge in [0, 0.05) is 10.7 Å². The fourth-order valence-electron chi connectivity index (χ4n) is 2.31. The molecule has 0 N–H and O–H groups in total. The molecule has 0 fully saturated rings. The van der Waals surface area contributed by atoms with Crippen molar-refractivity contribution < 1.29 is 9.53 Å². The molecule has 0 bridgehead atoms. The Morgan fingerprint density at radius 1 is 1.29 bits per heavy atom. The lowest BCUT2D eigenvalue weighted by Crippen LogP contribution is -2.15. The molecule has 0 radical (unpaired) electrons. The summed E-state index contributed by atoms with van der Waals surface area (Å²) in [6, 6.07) is 7.59. The van der Waals surface area contributed by atoms with Gasteiger partial charge >= 0.3 is 5.97 Å². The molecule has 0 saturated carbocycles. The van der Waals surface area contributed by atoms with Gasteiger partial charge in [-0.3, -0.25) is 9.78 Å². The zero-order valence-electron chi connectivity index (χ0n) is 12.2. The number of hydrogen-bond donors (Lipinski definition) is 0. The van der Waals surface area contributed by atoms with E-state index in [0.717, 1.165) is 33.4 Å². The van der Waals surface area contributed by atoms with E-state index in [9.17, 15) is 4.79 Å². The minimum atomic E-state index is -0.272. The Labute approximate surface area is 131 Å². The topological polar surface area (TPSA) is 39.2 Å². The first-order valence-corrected chi connectivity index (χ1v) is 7.48. The van der Waals surface area contributed by atoms with Gasteiger partial charge in [-0.25, -0.2) is 0 Å². The number of nitrogens with zero attached hydrogens (tertiary/aromatic N) is 1. The zero-order valence-corrected chi connectivity index (χ0v) is 14.1. The Morgan fingerprint density at radius 3 is 2.48 bits per heavy atom. The summed E-state index contributed by atoms with van der Waals surface area (Å²) in [5.41, 5.74) is 5.69. The lowest BCUT2D eigenvalue weighted by atomic mass is 9.93. The number of hydrogen-bond acceptors (Lipinski definition) is 3. The molecule has 3 nitrogen and oxygen atoms in total. The molecule has 1 atom stereocenters. The highest BCUT2D eigenvalue weighted by Gasteiger charge is 2.17. The molecule has 0 aliphatic carbocycles. The van der Waals surface area contributed by atoms with E-state index in [0.29, 0.717) is 5.02 Å². The molecule has 1 heterocycles. The lowest BCUT2D eigenvalue weighted by molar-refractivity contribution is -0.139. The number of methoxy groups -OCH3 is 1. The number of benzene rings is 1. The van der Waals surface area contributed by atoms with Crippen LogP contribution in [-0.2, 0) is 16.0 Å². The van der Waals surface area contributed by atoms with Crippen molar-refractivity contribution in [1.29, 1.82) is 0 Å². The van der Waals surface area contributed by atoms with E-state index in [-0.39, 0.29) is 12.4 Å². The number of aryl methyl sites for hydroxylation is 1. The van der Waals surface area contributed by atoms with Crippen molar-refractivity contribution in [2.24, 2.45) is 0 Å². The number of pyridine rings is 1. The number of ether oxygens (including phenoxy) is 1. The van der Waals surface area contributed by atoms with Crippen LogP contribution in [-0.4, -0.2) is 18.1 Å². The highest BCUT2D eigenvalue weighted by atomic mass is 35.5. The van der Waals surface area contributed by atoms with Crippen LogP contribution >= 0.6 is 20.8 Å². The molecule has 110 valence electrons. The first-order chi connectivity index (χ1) is 9.93. The molecule has 0 amide bonds. The van der Waals surface area contributed by atoms with Crippen molar-refractivity contribution in [2.75, 3.05) is 7.11 Å². The Kier molecular flexibility index (Phi) is 4.97. The van der Waals surface area contributed by atoms with Gasteiger partial charge in [0.05, 0.1) is 19.0 Å². The van der Waals surface area contributed by atoms with Crippen molar-refractivity contribution in [2.45, 2.75) is 20.3 Å².